The van der Waals surface area contributed by atoms with Crippen molar-refractivity contribution in [2.45, 2.75) is 6.54 Å². The zero-order valence-electron chi connectivity index (χ0n) is 8.44. The van der Waals surface area contributed by atoms with Gasteiger partial charge in [0.25, 0.3) is 0 Å². The van der Waals surface area contributed by atoms with Gasteiger partial charge in [-0.2, -0.15) is 0 Å². The van der Waals surface area contributed by atoms with E-state index in [9.17, 15) is 0 Å². The molecule has 0 unspecified atom stereocenters. The van der Waals surface area contributed by atoms with E-state index in [1.165, 1.54) is 0 Å². The molecule has 3 nitrogen and oxygen atoms in total. The van der Waals surface area contributed by atoms with E-state index in [4.69, 9.17) is 0 Å². The average Bonchev–Trinajstić information content (AvgIpc) is 2.17. The maximum Gasteiger partial charge on any atom is 0.0890 e. The monoisotopic (exact) mass is 187 g/mol. The number of rotatable bonds is 2. The molecule has 0 amide bonds. The first-order valence-electron chi connectivity index (χ1n) is 4.61. The van der Waals surface area contributed by atoms with Crippen LogP contribution in [0.3, 0.4) is 0 Å². The normalized spacial score (nSPS) is 11.1. The number of para-hydroxylation sites is 2. The Balaban J connectivity index is 2.41. The van der Waals surface area contributed by atoms with Crippen LogP contribution in [0.15, 0.2) is 30.5 Å². The van der Waals surface area contributed by atoms with Crippen LogP contribution in [0.25, 0.3) is 11.0 Å². The lowest BCUT2D eigenvalue weighted by atomic mass is 10.3. The maximum atomic E-state index is 4.51. The van der Waals surface area contributed by atoms with Crippen molar-refractivity contribution >= 4 is 11.0 Å². The number of benzene rings is 1. The molecule has 1 heterocycles. The van der Waals surface area contributed by atoms with Gasteiger partial charge in [-0.25, -0.2) is 4.98 Å². The highest BCUT2D eigenvalue weighted by Gasteiger charge is 1.99. The third-order valence-electron chi connectivity index (χ3n) is 1.98. The predicted molar refractivity (Wildman–Crippen MR) is 56.9 cm³/mol. The van der Waals surface area contributed by atoms with Crippen LogP contribution in [-0.2, 0) is 6.54 Å². The van der Waals surface area contributed by atoms with Crippen LogP contribution in [0, 0.1) is 0 Å². The Morgan fingerprint density at radius 2 is 1.86 bits per heavy atom. The Labute approximate surface area is 83.4 Å². The molecule has 14 heavy (non-hydrogen) atoms. The van der Waals surface area contributed by atoms with Crippen LogP contribution >= 0.6 is 0 Å². The second-order valence-electron chi connectivity index (χ2n) is 3.59. The van der Waals surface area contributed by atoms with Crippen LogP contribution in [0.1, 0.15) is 5.69 Å². The summed E-state index contributed by atoms with van der Waals surface area (Å²) < 4.78 is 0. The Morgan fingerprint density at radius 3 is 2.57 bits per heavy atom. The van der Waals surface area contributed by atoms with Gasteiger partial charge in [-0.1, -0.05) is 12.1 Å². The molecule has 0 radical (unpaired) electrons. The number of hydrogen-bond acceptors (Lipinski definition) is 3. The van der Waals surface area contributed by atoms with Gasteiger partial charge >= 0.3 is 0 Å². The summed E-state index contributed by atoms with van der Waals surface area (Å²) in [5.74, 6) is 0. The summed E-state index contributed by atoms with van der Waals surface area (Å²) in [6, 6.07) is 7.92. The van der Waals surface area contributed by atoms with E-state index in [1.807, 2.05) is 44.6 Å². The highest BCUT2D eigenvalue weighted by atomic mass is 15.1. The molecule has 0 saturated heterocycles. The molecule has 0 bridgehead atoms. The third-order valence-corrected chi connectivity index (χ3v) is 1.98. The van der Waals surface area contributed by atoms with Crippen molar-refractivity contribution in [1.82, 2.24) is 14.9 Å². The molecule has 0 saturated carbocycles. The molecule has 0 aliphatic rings. The molecule has 3 heteroatoms. The van der Waals surface area contributed by atoms with Crippen LogP contribution in [0.4, 0.5) is 0 Å². The van der Waals surface area contributed by atoms with Crippen LogP contribution in [0.2, 0.25) is 0 Å². The lowest BCUT2D eigenvalue weighted by molar-refractivity contribution is 0.397. The lowest BCUT2D eigenvalue weighted by Gasteiger charge is -2.08. The second-order valence-corrected chi connectivity index (χ2v) is 3.59. The smallest absolute Gasteiger partial charge is 0.0890 e. The first-order valence-corrected chi connectivity index (χ1v) is 4.61. The quantitative estimate of drug-likeness (QED) is 0.716. The van der Waals surface area contributed by atoms with E-state index in [0.717, 1.165) is 23.3 Å². The Kier molecular flexibility index (Phi) is 2.41. The molecule has 0 spiro atoms. The van der Waals surface area contributed by atoms with Crippen molar-refractivity contribution in [2.75, 3.05) is 14.1 Å². The zero-order valence-corrected chi connectivity index (χ0v) is 8.44. The minimum Gasteiger partial charge on any atom is -0.304 e. The highest BCUT2D eigenvalue weighted by Crippen LogP contribution is 2.08. The van der Waals surface area contributed by atoms with Gasteiger partial charge < -0.3 is 4.90 Å². The Morgan fingerprint density at radius 1 is 1.14 bits per heavy atom. The molecule has 2 aromatic rings. The van der Waals surface area contributed by atoms with Crippen LogP contribution in [-0.4, -0.2) is 29.0 Å². The van der Waals surface area contributed by atoms with Crippen LogP contribution in [0.5, 0.6) is 0 Å². The highest BCUT2D eigenvalue weighted by molar-refractivity contribution is 5.73. The summed E-state index contributed by atoms with van der Waals surface area (Å²) in [5, 5.41) is 0. The molecule has 2 rings (SSSR count). The number of fused-ring (bicyclic) bond motifs is 1. The minimum atomic E-state index is 0.831. The molecule has 72 valence electrons. The first kappa shape index (κ1) is 9.09. The second kappa shape index (κ2) is 3.72. The third kappa shape index (κ3) is 1.88. The maximum absolute atomic E-state index is 4.51. The van der Waals surface area contributed by atoms with E-state index in [0.29, 0.717) is 0 Å². The molecule has 1 aromatic carbocycles. The van der Waals surface area contributed by atoms with Gasteiger partial charge in [0, 0.05) is 6.54 Å². The lowest BCUT2D eigenvalue weighted by Crippen LogP contribution is -2.12. The molecule has 0 aliphatic heterocycles. The van der Waals surface area contributed by atoms with Gasteiger partial charge in [0.1, 0.15) is 0 Å². The summed E-state index contributed by atoms with van der Waals surface area (Å²) in [6.07, 6.45) is 1.84. The summed E-state index contributed by atoms with van der Waals surface area (Å²) in [7, 11) is 4.05. The van der Waals surface area contributed by atoms with Crippen molar-refractivity contribution in [1.29, 1.82) is 0 Å². The van der Waals surface area contributed by atoms with Crippen molar-refractivity contribution in [3.63, 3.8) is 0 Å². The molecule has 0 aliphatic carbocycles. The Hall–Kier alpha value is -1.48. The van der Waals surface area contributed by atoms with E-state index >= 15 is 0 Å². The number of nitrogens with zero attached hydrogens (tertiary/aromatic N) is 3. The fourth-order valence-corrected chi connectivity index (χ4v) is 1.40. The standard InChI is InChI=1S/C11H13N3/c1-14(2)8-9-7-12-10-5-3-4-6-11(10)13-9/h3-7H,8H2,1-2H3. The molecule has 1 aromatic heterocycles. The fraction of sp³-hybridized carbons (Fsp3) is 0.273. The van der Waals surface area contributed by atoms with E-state index in [-0.39, 0.29) is 0 Å². The number of hydrogen-bond donors (Lipinski definition) is 0. The summed E-state index contributed by atoms with van der Waals surface area (Å²) in [5.41, 5.74) is 2.93. The van der Waals surface area contributed by atoms with Gasteiger partial charge in [-0.3, -0.25) is 4.98 Å². The average molecular weight is 187 g/mol. The molecule has 0 fully saturated rings. The predicted octanol–water partition coefficient (Wildman–Crippen LogP) is 1.69. The SMILES string of the molecule is CN(C)Cc1cnc2ccccc2n1. The topological polar surface area (TPSA) is 29.0 Å². The van der Waals surface area contributed by atoms with Gasteiger partial charge in [-0.15, -0.1) is 0 Å². The van der Waals surface area contributed by atoms with Crippen molar-refractivity contribution in [2.24, 2.45) is 0 Å². The van der Waals surface area contributed by atoms with Crippen molar-refractivity contribution in [3.05, 3.63) is 36.2 Å². The summed E-state index contributed by atoms with van der Waals surface area (Å²) >= 11 is 0. The van der Waals surface area contributed by atoms with Gasteiger partial charge in [0.2, 0.25) is 0 Å². The van der Waals surface area contributed by atoms with Gasteiger partial charge in [0.05, 0.1) is 22.9 Å². The minimum absolute atomic E-state index is 0.831. The molecule has 0 atom stereocenters. The largest absolute Gasteiger partial charge is 0.304 e. The van der Waals surface area contributed by atoms with Crippen molar-refractivity contribution in [3.8, 4) is 0 Å². The van der Waals surface area contributed by atoms with E-state index in [1.54, 1.807) is 0 Å². The molecular weight excluding hydrogens is 174 g/mol. The van der Waals surface area contributed by atoms with Gasteiger partial charge in [0.15, 0.2) is 0 Å². The fourth-order valence-electron chi connectivity index (χ4n) is 1.40. The van der Waals surface area contributed by atoms with Gasteiger partial charge in [-0.05, 0) is 26.2 Å². The molecular formula is C11H13N3. The molecule has 0 N–H and O–H groups in total. The number of aromatic nitrogens is 2. The van der Waals surface area contributed by atoms with E-state index in [2.05, 4.69) is 14.9 Å². The first-order chi connectivity index (χ1) is 6.75. The summed E-state index contributed by atoms with van der Waals surface area (Å²) in [6.45, 7) is 0.831. The van der Waals surface area contributed by atoms with Crippen molar-refractivity contribution < 1.29 is 0 Å². The zero-order chi connectivity index (χ0) is 9.97. The summed E-state index contributed by atoms with van der Waals surface area (Å²) in [4.78, 5) is 10.9. The van der Waals surface area contributed by atoms with E-state index < -0.39 is 0 Å². The Bertz CT molecular complexity index is 437. The van der Waals surface area contributed by atoms with Crippen LogP contribution < -0.4 is 0 Å².